The first-order valence-corrected chi connectivity index (χ1v) is 12.3. The van der Waals surface area contributed by atoms with Crippen LogP contribution in [0.1, 0.15) is 57.1 Å². The molecule has 1 aliphatic carbocycles. The van der Waals surface area contributed by atoms with Gasteiger partial charge < -0.3 is 5.11 Å². The number of Topliss-reactive ketones (excluding diaryl/α,β-unsaturated/α-hetero) is 1. The van der Waals surface area contributed by atoms with Crippen molar-refractivity contribution in [2.24, 2.45) is 0 Å². The highest BCUT2D eigenvalue weighted by Gasteiger charge is 2.48. The lowest BCUT2D eigenvalue weighted by molar-refractivity contribution is -0.132. The summed E-state index contributed by atoms with van der Waals surface area (Å²) in [5, 5.41) is 13.4. The Balaban J connectivity index is 1.70. The van der Waals surface area contributed by atoms with Crippen molar-refractivity contribution in [3.05, 3.63) is 91.7 Å². The van der Waals surface area contributed by atoms with Gasteiger partial charge in [0.05, 0.1) is 5.57 Å². The smallest absolute Gasteiger partial charge is 0.300 e. The molecule has 1 N–H and O–H groups in total. The zero-order valence-corrected chi connectivity index (χ0v) is 20.0. The van der Waals surface area contributed by atoms with Crippen molar-refractivity contribution in [2.45, 2.75) is 52.5 Å². The van der Waals surface area contributed by atoms with E-state index >= 15 is 0 Å². The summed E-state index contributed by atoms with van der Waals surface area (Å²) in [5.41, 5.74) is 7.13. The van der Waals surface area contributed by atoms with Gasteiger partial charge in [0.2, 0.25) is 0 Å². The average molecular weight is 458 g/mol. The fraction of sp³-hybridized carbons (Fsp3) is 0.286. The van der Waals surface area contributed by atoms with Crippen LogP contribution in [0.15, 0.2) is 53.4 Å². The highest BCUT2D eigenvalue weighted by Crippen LogP contribution is 2.45. The van der Waals surface area contributed by atoms with E-state index in [1.807, 2.05) is 68.6 Å². The fourth-order valence-electron chi connectivity index (χ4n) is 4.92. The molecule has 1 atom stereocenters. The molecule has 33 heavy (non-hydrogen) atoms. The number of amides is 1. The standard InChI is InChI=1S/C28H27NO3S/c1-16-8-11-22(14-18(16)3)29-24(27-17(2)12-13-33-27)23(26(31)28(29)32)25(30)21-10-9-19-6-4-5-7-20(19)15-21/h8-15,24,30H,4-7H2,1-3H3/b25-23-. The van der Waals surface area contributed by atoms with Crippen LogP contribution in [-0.4, -0.2) is 16.8 Å². The van der Waals surface area contributed by atoms with Gasteiger partial charge in [0, 0.05) is 16.1 Å². The monoisotopic (exact) mass is 457 g/mol. The van der Waals surface area contributed by atoms with Gasteiger partial charge in [-0.3, -0.25) is 14.5 Å². The molecule has 5 heteroatoms. The van der Waals surface area contributed by atoms with E-state index in [0.717, 1.165) is 40.8 Å². The number of hydrogen-bond acceptors (Lipinski definition) is 4. The second-order valence-corrected chi connectivity index (χ2v) is 10.0. The van der Waals surface area contributed by atoms with Crippen LogP contribution in [0.25, 0.3) is 5.76 Å². The molecule has 4 nitrogen and oxygen atoms in total. The molecule has 2 aliphatic rings. The Hall–Kier alpha value is -3.18. The van der Waals surface area contributed by atoms with Gasteiger partial charge in [-0.15, -0.1) is 11.3 Å². The molecule has 1 fully saturated rings. The Morgan fingerprint density at radius 3 is 2.36 bits per heavy atom. The Bertz CT molecular complexity index is 1320. The molecule has 0 spiro atoms. The predicted molar refractivity (Wildman–Crippen MR) is 133 cm³/mol. The van der Waals surface area contributed by atoms with Crippen LogP contribution in [0.3, 0.4) is 0 Å². The lowest BCUT2D eigenvalue weighted by atomic mass is 9.89. The Morgan fingerprint density at radius 1 is 0.909 bits per heavy atom. The van der Waals surface area contributed by atoms with E-state index in [9.17, 15) is 14.7 Å². The number of ketones is 1. The largest absolute Gasteiger partial charge is 0.507 e. The van der Waals surface area contributed by atoms with Crippen LogP contribution in [0.4, 0.5) is 5.69 Å². The lowest BCUT2D eigenvalue weighted by Gasteiger charge is -2.25. The van der Waals surface area contributed by atoms with Gasteiger partial charge in [0.15, 0.2) is 0 Å². The van der Waals surface area contributed by atoms with Gasteiger partial charge in [-0.05, 0) is 104 Å². The van der Waals surface area contributed by atoms with Crippen molar-refractivity contribution < 1.29 is 14.7 Å². The molecule has 0 saturated carbocycles. The van der Waals surface area contributed by atoms with Gasteiger partial charge in [-0.2, -0.15) is 0 Å². The minimum absolute atomic E-state index is 0.0918. The number of fused-ring (bicyclic) bond motifs is 1. The highest BCUT2D eigenvalue weighted by atomic mass is 32.1. The maximum Gasteiger partial charge on any atom is 0.300 e. The molecule has 1 unspecified atom stereocenters. The van der Waals surface area contributed by atoms with E-state index in [1.54, 1.807) is 4.90 Å². The molecule has 5 rings (SSSR count). The van der Waals surface area contributed by atoms with E-state index in [0.29, 0.717) is 11.3 Å². The van der Waals surface area contributed by atoms with E-state index in [1.165, 1.54) is 28.9 Å². The number of rotatable bonds is 3. The summed E-state index contributed by atoms with van der Waals surface area (Å²) >= 11 is 1.50. The van der Waals surface area contributed by atoms with Crippen LogP contribution in [0.5, 0.6) is 0 Å². The van der Waals surface area contributed by atoms with Gasteiger partial charge >= 0.3 is 0 Å². The molecular formula is C28H27NO3S. The van der Waals surface area contributed by atoms with Crippen LogP contribution in [0.2, 0.25) is 0 Å². The minimum atomic E-state index is -0.650. The maximum absolute atomic E-state index is 13.4. The average Bonchev–Trinajstić information content (AvgIpc) is 3.35. The molecule has 1 aliphatic heterocycles. The molecular weight excluding hydrogens is 430 g/mol. The summed E-state index contributed by atoms with van der Waals surface area (Å²) in [6, 6.07) is 13.0. The minimum Gasteiger partial charge on any atom is -0.507 e. The Morgan fingerprint density at radius 2 is 1.67 bits per heavy atom. The number of carbonyl (C=O) groups is 2. The van der Waals surface area contributed by atoms with Crippen LogP contribution < -0.4 is 4.90 Å². The third-order valence-corrected chi connectivity index (χ3v) is 8.06. The van der Waals surface area contributed by atoms with E-state index < -0.39 is 17.7 Å². The zero-order chi connectivity index (χ0) is 23.3. The number of thiophene rings is 1. The van der Waals surface area contributed by atoms with Crippen molar-refractivity contribution in [1.82, 2.24) is 0 Å². The zero-order valence-electron chi connectivity index (χ0n) is 19.1. The SMILES string of the molecule is Cc1ccc(N2C(=O)C(=O)/C(=C(\O)c3ccc4c(c3)CCCC4)C2c2sccc2C)cc1C. The second kappa shape index (κ2) is 8.31. The third-order valence-electron chi connectivity index (χ3n) is 6.99. The molecule has 3 aromatic rings. The number of carbonyl (C=O) groups excluding carboxylic acids is 2. The highest BCUT2D eigenvalue weighted by molar-refractivity contribution is 7.10. The first-order chi connectivity index (χ1) is 15.9. The predicted octanol–water partition coefficient (Wildman–Crippen LogP) is 6.18. The first kappa shape index (κ1) is 21.7. The molecule has 0 radical (unpaired) electrons. The third kappa shape index (κ3) is 3.61. The van der Waals surface area contributed by atoms with Gasteiger partial charge in [0.1, 0.15) is 11.8 Å². The fourth-order valence-corrected chi connectivity index (χ4v) is 5.95. The van der Waals surface area contributed by atoms with Gasteiger partial charge in [0.25, 0.3) is 11.7 Å². The van der Waals surface area contributed by atoms with Crippen molar-refractivity contribution in [3.63, 3.8) is 0 Å². The van der Waals surface area contributed by atoms with Crippen LogP contribution in [0, 0.1) is 20.8 Å². The summed E-state index contributed by atoms with van der Waals surface area (Å²) in [6.07, 6.45) is 4.32. The second-order valence-electron chi connectivity index (χ2n) is 9.10. The molecule has 1 amide bonds. The molecule has 1 aromatic heterocycles. The number of hydrogen-bond donors (Lipinski definition) is 1. The van der Waals surface area contributed by atoms with Gasteiger partial charge in [-0.1, -0.05) is 18.2 Å². The number of aryl methyl sites for hydroxylation is 5. The topological polar surface area (TPSA) is 57.6 Å². The van der Waals surface area contributed by atoms with Crippen molar-refractivity contribution in [2.75, 3.05) is 4.90 Å². The summed E-state index contributed by atoms with van der Waals surface area (Å²) in [5.74, 6) is -1.33. The number of benzene rings is 2. The summed E-state index contributed by atoms with van der Waals surface area (Å²) in [7, 11) is 0. The quantitative estimate of drug-likeness (QED) is 0.290. The van der Waals surface area contributed by atoms with E-state index in [4.69, 9.17) is 0 Å². The molecule has 2 heterocycles. The maximum atomic E-state index is 13.4. The van der Waals surface area contributed by atoms with E-state index in [-0.39, 0.29) is 11.3 Å². The Labute approximate surface area is 198 Å². The summed E-state index contributed by atoms with van der Waals surface area (Å²) < 4.78 is 0. The molecule has 0 bridgehead atoms. The number of aliphatic hydroxyl groups excluding tert-OH is 1. The molecule has 168 valence electrons. The lowest BCUT2D eigenvalue weighted by Crippen LogP contribution is -2.29. The normalized spacial score (nSPS) is 19.7. The molecule has 1 saturated heterocycles. The number of aliphatic hydroxyl groups is 1. The van der Waals surface area contributed by atoms with Crippen molar-refractivity contribution >= 4 is 34.5 Å². The van der Waals surface area contributed by atoms with Crippen LogP contribution >= 0.6 is 11.3 Å². The summed E-state index contributed by atoms with van der Waals surface area (Å²) in [4.78, 5) is 29.1. The Kier molecular flexibility index (Phi) is 5.45. The summed E-state index contributed by atoms with van der Waals surface area (Å²) in [6.45, 7) is 5.99. The van der Waals surface area contributed by atoms with Gasteiger partial charge in [-0.25, -0.2) is 0 Å². The first-order valence-electron chi connectivity index (χ1n) is 11.4. The van der Waals surface area contributed by atoms with Crippen LogP contribution in [-0.2, 0) is 22.4 Å². The van der Waals surface area contributed by atoms with Crippen molar-refractivity contribution in [1.29, 1.82) is 0 Å². The van der Waals surface area contributed by atoms with E-state index in [2.05, 4.69) is 0 Å². The number of nitrogens with zero attached hydrogens (tertiary/aromatic N) is 1. The number of anilines is 1. The van der Waals surface area contributed by atoms with Crippen molar-refractivity contribution in [3.8, 4) is 0 Å². The molecule has 2 aromatic carbocycles.